The van der Waals surface area contributed by atoms with Crippen LogP contribution in [0.25, 0.3) is 0 Å². The Bertz CT molecular complexity index is 517. The fourth-order valence-corrected chi connectivity index (χ4v) is 1.61. The molecular formula is C14H15FN2O. The van der Waals surface area contributed by atoms with Crippen LogP contribution in [0.1, 0.15) is 12.5 Å². The lowest BCUT2D eigenvalue weighted by molar-refractivity contribution is 0.338. The number of pyridine rings is 1. The van der Waals surface area contributed by atoms with Crippen molar-refractivity contribution >= 4 is 5.69 Å². The van der Waals surface area contributed by atoms with Crippen molar-refractivity contribution in [2.45, 2.75) is 13.5 Å². The number of para-hydroxylation sites is 1. The van der Waals surface area contributed by atoms with Gasteiger partial charge in [0.15, 0.2) is 0 Å². The lowest BCUT2D eigenvalue weighted by Gasteiger charge is -2.08. The Morgan fingerprint density at radius 1 is 1.28 bits per heavy atom. The number of aromatic nitrogens is 1. The van der Waals surface area contributed by atoms with Crippen molar-refractivity contribution in [3.63, 3.8) is 0 Å². The molecule has 1 aromatic heterocycles. The van der Waals surface area contributed by atoms with Gasteiger partial charge in [0.2, 0.25) is 0 Å². The molecule has 1 heterocycles. The molecular weight excluding hydrogens is 231 g/mol. The molecule has 0 amide bonds. The highest BCUT2D eigenvalue weighted by atomic mass is 19.1. The van der Waals surface area contributed by atoms with E-state index in [1.165, 1.54) is 6.07 Å². The Morgan fingerprint density at radius 3 is 2.89 bits per heavy atom. The Labute approximate surface area is 106 Å². The van der Waals surface area contributed by atoms with E-state index in [0.717, 1.165) is 11.3 Å². The smallest absolute Gasteiger partial charge is 0.146 e. The van der Waals surface area contributed by atoms with Gasteiger partial charge in [0.1, 0.15) is 11.6 Å². The molecule has 3 nitrogen and oxygen atoms in total. The van der Waals surface area contributed by atoms with Crippen molar-refractivity contribution in [3.8, 4) is 5.75 Å². The molecule has 2 aromatic rings. The highest BCUT2D eigenvalue weighted by Gasteiger charge is 2.01. The molecule has 0 unspecified atom stereocenters. The van der Waals surface area contributed by atoms with Crippen molar-refractivity contribution in [3.05, 3.63) is 54.1 Å². The summed E-state index contributed by atoms with van der Waals surface area (Å²) < 4.78 is 18.7. The number of nitrogens with one attached hydrogen (secondary N) is 1. The van der Waals surface area contributed by atoms with Crippen LogP contribution in [0.4, 0.5) is 10.1 Å². The van der Waals surface area contributed by atoms with Crippen molar-refractivity contribution in [1.29, 1.82) is 0 Å². The molecule has 0 aliphatic carbocycles. The lowest BCUT2D eigenvalue weighted by atomic mass is 10.2. The predicted octanol–water partition coefficient (Wildman–Crippen LogP) is 3.23. The van der Waals surface area contributed by atoms with Gasteiger partial charge >= 0.3 is 0 Å². The van der Waals surface area contributed by atoms with Gasteiger partial charge in [-0.3, -0.25) is 4.98 Å². The first-order valence-corrected chi connectivity index (χ1v) is 5.84. The molecule has 0 bridgehead atoms. The Balaban J connectivity index is 2.02. The molecule has 2 rings (SSSR count). The number of rotatable bonds is 5. The maximum atomic E-state index is 13.4. The van der Waals surface area contributed by atoms with Crippen LogP contribution in [0.15, 0.2) is 42.7 Å². The molecule has 1 aromatic carbocycles. The number of hydrogen-bond acceptors (Lipinski definition) is 3. The lowest BCUT2D eigenvalue weighted by Crippen LogP contribution is -2.02. The second-order valence-corrected chi connectivity index (χ2v) is 3.80. The van der Waals surface area contributed by atoms with Crippen LogP contribution in [-0.4, -0.2) is 11.6 Å². The average Bonchev–Trinajstić information content (AvgIpc) is 2.39. The highest BCUT2D eigenvalue weighted by molar-refractivity contribution is 5.45. The maximum Gasteiger partial charge on any atom is 0.146 e. The maximum absolute atomic E-state index is 13.4. The number of hydrogen-bond donors (Lipinski definition) is 1. The van der Waals surface area contributed by atoms with Crippen molar-refractivity contribution in [2.75, 3.05) is 11.9 Å². The van der Waals surface area contributed by atoms with Gasteiger partial charge in [0, 0.05) is 12.7 Å². The van der Waals surface area contributed by atoms with Crippen molar-refractivity contribution in [1.82, 2.24) is 4.98 Å². The van der Waals surface area contributed by atoms with E-state index < -0.39 is 0 Å². The molecule has 0 saturated carbocycles. The standard InChI is InChI=1S/C14H15FN2O/c1-2-18-12-7-11(8-16-10-12)9-17-14-6-4-3-5-13(14)15/h3-8,10,17H,2,9H2,1H3. The molecule has 0 radical (unpaired) electrons. The first-order valence-electron chi connectivity index (χ1n) is 5.84. The molecule has 1 N–H and O–H groups in total. The minimum atomic E-state index is -0.258. The summed E-state index contributed by atoms with van der Waals surface area (Å²) in [5.74, 6) is 0.469. The largest absolute Gasteiger partial charge is 0.492 e. The Morgan fingerprint density at radius 2 is 2.11 bits per heavy atom. The third-order valence-electron chi connectivity index (χ3n) is 2.44. The van der Waals surface area contributed by atoms with Crippen LogP contribution >= 0.6 is 0 Å². The van der Waals surface area contributed by atoms with E-state index in [0.29, 0.717) is 18.8 Å². The first-order chi connectivity index (χ1) is 8.79. The molecule has 0 spiro atoms. The summed E-state index contributed by atoms with van der Waals surface area (Å²) in [5, 5.41) is 3.03. The van der Waals surface area contributed by atoms with E-state index in [1.54, 1.807) is 30.6 Å². The summed E-state index contributed by atoms with van der Waals surface area (Å²) in [6.07, 6.45) is 3.40. The van der Waals surface area contributed by atoms with Gasteiger partial charge in [0.25, 0.3) is 0 Å². The molecule has 0 aliphatic heterocycles. The van der Waals surface area contributed by atoms with Gasteiger partial charge in [-0.05, 0) is 30.7 Å². The van der Waals surface area contributed by atoms with Crippen LogP contribution in [-0.2, 0) is 6.54 Å². The summed E-state index contributed by atoms with van der Waals surface area (Å²) in [5.41, 5.74) is 1.43. The number of benzene rings is 1. The summed E-state index contributed by atoms with van der Waals surface area (Å²) in [6.45, 7) is 3.03. The van der Waals surface area contributed by atoms with E-state index in [2.05, 4.69) is 10.3 Å². The molecule has 18 heavy (non-hydrogen) atoms. The van der Waals surface area contributed by atoms with Crippen LogP contribution < -0.4 is 10.1 Å². The summed E-state index contributed by atoms with van der Waals surface area (Å²) >= 11 is 0. The zero-order chi connectivity index (χ0) is 12.8. The van der Waals surface area contributed by atoms with E-state index in [-0.39, 0.29) is 5.82 Å². The van der Waals surface area contributed by atoms with Gasteiger partial charge in [-0.15, -0.1) is 0 Å². The SMILES string of the molecule is CCOc1cncc(CNc2ccccc2F)c1. The number of anilines is 1. The van der Waals surface area contributed by atoms with Crippen LogP contribution in [0.3, 0.4) is 0 Å². The van der Waals surface area contributed by atoms with Gasteiger partial charge in [0.05, 0.1) is 18.5 Å². The van der Waals surface area contributed by atoms with E-state index >= 15 is 0 Å². The van der Waals surface area contributed by atoms with Crippen LogP contribution in [0.5, 0.6) is 5.75 Å². The van der Waals surface area contributed by atoms with Crippen molar-refractivity contribution in [2.24, 2.45) is 0 Å². The van der Waals surface area contributed by atoms with Gasteiger partial charge in [-0.25, -0.2) is 4.39 Å². The van der Waals surface area contributed by atoms with Crippen LogP contribution in [0, 0.1) is 5.82 Å². The number of ether oxygens (including phenoxy) is 1. The highest BCUT2D eigenvalue weighted by Crippen LogP contribution is 2.15. The zero-order valence-electron chi connectivity index (χ0n) is 10.2. The second-order valence-electron chi connectivity index (χ2n) is 3.80. The monoisotopic (exact) mass is 246 g/mol. The molecule has 0 saturated heterocycles. The molecule has 0 aliphatic rings. The predicted molar refractivity (Wildman–Crippen MR) is 69.1 cm³/mol. The minimum absolute atomic E-state index is 0.258. The van der Waals surface area contributed by atoms with Gasteiger partial charge in [-0.2, -0.15) is 0 Å². The third kappa shape index (κ3) is 3.20. The van der Waals surface area contributed by atoms with Crippen molar-refractivity contribution < 1.29 is 9.13 Å². The normalized spacial score (nSPS) is 10.1. The topological polar surface area (TPSA) is 34.1 Å². The summed E-state index contributed by atoms with van der Waals surface area (Å²) in [6, 6.07) is 8.48. The quantitative estimate of drug-likeness (QED) is 0.879. The first kappa shape index (κ1) is 12.4. The Hall–Kier alpha value is -2.10. The summed E-state index contributed by atoms with van der Waals surface area (Å²) in [7, 11) is 0. The molecule has 4 heteroatoms. The second kappa shape index (κ2) is 6.00. The van der Waals surface area contributed by atoms with E-state index in [1.807, 2.05) is 13.0 Å². The third-order valence-corrected chi connectivity index (χ3v) is 2.44. The molecule has 94 valence electrons. The zero-order valence-corrected chi connectivity index (χ0v) is 10.2. The minimum Gasteiger partial charge on any atom is -0.492 e. The summed E-state index contributed by atoms with van der Waals surface area (Å²) in [4.78, 5) is 4.08. The number of nitrogens with zero attached hydrogens (tertiary/aromatic N) is 1. The molecule has 0 fully saturated rings. The molecule has 0 atom stereocenters. The van der Waals surface area contributed by atoms with Gasteiger partial charge in [-0.1, -0.05) is 12.1 Å². The van der Waals surface area contributed by atoms with Crippen LogP contribution in [0.2, 0.25) is 0 Å². The average molecular weight is 246 g/mol. The van der Waals surface area contributed by atoms with Gasteiger partial charge < -0.3 is 10.1 Å². The number of halogens is 1. The Kier molecular flexibility index (Phi) is 4.12. The van der Waals surface area contributed by atoms with E-state index in [4.69, 9.17) is 4.74 Å². The fourth-order valence-electron chi connectivity index (χ4n) is 1.61. The van der Waals surface area contributed by atoms with E-state index in [9.17, 15) is 4.39 Å². The fraction of sp³-hybridized carbons (Fsp3) is 0.214.